The largest absolute Gasteiger partial charge is 0.485 e. The molecule has 0 spiro atoms. The van der Waals surface area contributed by atoms with Gasteiger partial charge in [0.05, 0.1) is 0 Å². The van der Waals surface area contributed by atoms with Crippen LogP contribution in [0.4, 0.5) is 0 Å². The molecular formula is C26H33NO. The van der Waals surface area contributed by atoms with Crippen molar-refractivity contribution in [3.8, 4) is 0 Å². The third kappa shape index (κ3) is 3.21. The molecule has 2 heterocycles. The Balaban J connectivity index is 1.44. The van der Waals surface area contributed by atoms with E-state index in [1.807, 2.05) is 0 Å². The normalized spacial score (nSPS) is 34.5. The van der Waals surface area contributed by atoms with Gasteiger partial charge in [0.25, 0.3) is 0 Å². The zero-order valence-electron chi connectivity index (χ0n) is 17.2. The maximum Gasteiger partial charge on any atom is 0.128 e. The Bertz CT molecular complexity index is 800. The molecule has 4 unspecified atom stereocenters. The van der Waals surface area contributed by atoms with E-state index in [1.165, 1.54) is 43.3 Å². The van der Waals surface area contributed by atoms with E-state index in [1.54, 1.807) is 5.57 Å². The molecule has 0 aromatic rings. The molecule has 1 N–H and O–H groups in total. The van der Waals surface area contributed by atoms with Crippen LogP contribution in [-0.4, -0.2) is 12.1 Å². The molecule has 0 radical (unpaired) electrons. The zero-order valence-corrected chi connectivity index (χ0v) is 17.2. The van der Waals surface area contributed by atoms with E-state index >= 15 is 0 Å². The molecule has 0 bridgehead atoms. The fourth-order valence-electron chi connectivity index (χ4n) is 5.66. The molecule has 0 aromatic heterocycles. The molecule has 28 heavy (non-hydrogen) atoms. The first-order valence-electron chi connectivity index (χ1n) is 11.3. The van der Waals surface area contributed by atoms with Crippen LogP contribution >= 0.6 is 0 Å². The summed E-state index contributed by atoms with van der Waals surface area (Å²) in [6.45, 7) is 4.64. The molecule has 5 aliphatic rings. The minimum absolute atomic E-state index is 0.193. The van der Waals surface area contributed by atoms with Gasteiger partial charge in [0.1, 0.15) is 11.9 Å². The highest BCUT2D eigenvalue weighted by Crippen LogP contribution is 2.45. The fraction of sp³-hybridized carbons (Fsp3) is 0.538. The van der Waals surface area contributed by atoms with E-state index in [9.17, 15) is 0 Å². The van der Waals surface area contributed by atoms with Crippen molar-refractivity contribution in [3.05, 3.63) is 71.2 Å². The zero-order chi connectivity index (χ0) is 19.1. The highest BCUT2D eigenvalue weighted by atomic mass is 16.5. The summed E-state index contributed by atoms with van der Waals surface area (Å²) >= 11 is 0. The van der Waals surface area contributed by atoms with Crippen molar-refractivity contribution >= 4 is 0 Å². The Morgan fingerprint density at radius 2 is 1.82 bits per heavy atom. The van der Waals surface area contributed by atoms with Crippen molar-refractivity contribution in [1.82, 2.24) is 5.32 Å². The van der Waals surface area contributed by atoms with Crippen molar-refractivity contribution in [1.29, 1.82) is 0 Å². The Morgan fingerprint density at radius 3 is 2.64 bits per heavy atom. The molecule has 0 amide bonds. The van der Waals surface area contributed by atoms with Crippen LogP contribution in [0.25, 0.3) is 0 Å². The van der Waals surface area contributed by atoms with Gasteiger partial charge in [-0.3, -0.25) is 0 Å². The van der Waals surface area contributed by atoms with Crippen LogP contribution in [0.15, 0.2) is 71.2 Å². The highest BCUT2D eigenvalue weighted by molar-refractivity contribution is 5.48. The van der Waals surface area contributed by atoms with Gasteiger partial charge in [-0.1, -0.05) is 63.5 Å². The van der Waals surface area contributed by atoms with Gasteiger partial charge in [0.15, 0.2) is 0 Å². The lowest BCUT2D eigenvalue weighted by Crippen LogP contribution is -2.36. The van der Waals surface area contributed by atoms with E-state index in [0.29, 0.717) is 23.8 Å². The van der Waals surface area contributed by atoms with Crippen molar-refractivity contribution < 1.29 is 4.74 Å². The fourth-order valence-corrected chi connectivity index (χ4v) is 5.66. The second-order valence-corrected chi connectivity index (χ2v) is 9.38. The minimum Gasteiger partial charge on any atom is -0.485 e. The first kappa shape index (κ1) is 18.1. The van der Waals surface area contributed by atoms with Gasteiger partial charge < -0.3 is 10.1 Å². The van der Waals surface area contributed by atoms with E-state index in [4.69, 9.17) is 4.74 Å². The molecule has 2 nitrogen and oxygen atoms in total. The molecule has 0 aromatic carbocycles. The van der Waals surface area contributed by atoms with Gasteiger partial charge in [-0.2, -0.15) is 0 Å². The third-order valence-electron chi connectivity index (χ3n) is 7.23. The number of hydrogen-bond donors (Lipinski definition) is 1. The molecule has 4 atom stereocenters. The lowest BCUT2D eigenvalue weighted by atomic mass is 9.75. The molecule has 1 saturated heterocycles. The van der Waals surface area contributed by atoms with Gasteiger partial charge in [0, 0.05) is 29.7 Å². The molecule has 2 fully saturated rings. The molecule has 2 heteroatoms. The van der Waals surface area contributed by atoms with Crippen molar-refractivity contribution in [2.75, 3.05) is 0 Å². The Hall–Kier alpha value is -1.96. The summed E-state index contributed by atoms with van der Waals surface area (Å²) in [6.07, 6.45) is 26.8. The van der Waals surface area contributed by atoms with Crippen molar-refractivity contribution in [3.63, 3.8) is 0 Å². The number of hydrogen-bond acceptors (Lipinski definition) is 2. The minimum atomic E-state index is 0.193. The molecule has 1 saturated carbocycles. The van der Waals surface area contributed by atoms with Gasteiger partial charge in [-0.05, 0) is 54.4 Å². The summed E-state index contributed by atoms with van der Waals surface area (Å²) in [5.74, 6) is 3.32. The van der Waals surface area contributed by atoms with Gasteiger partial charge in [-0.15, -0.1) is 0 Å². The van der Waals surface area contributed by atoms with Crippen LogP contribution in [0.1, 0.15) is 52.4 Å². The maximum absolute atomic E-state index is 6.20. The summed E-state index contributed by atoms with van der Waals surface area (Å²) in [7, 11) is 0. The van der Waals surface area contributed by atoms with E-state index in [0.717, 1.165) is 18.1 Å². The van der Waals surface area contributed by atoms with Gasteiger partial charge in [0.2, 0.25) is 0 Å². The van der Waals surface area contributed by atoms with Crippen LogP contribution in [0, 0.1) is 23.7 Å². The standard InChI is InChI=1S/C26H33NO/c1-17(2)23-16-27-24(18-8-4-3-5-9-18)15-21(23)19-12-13-26-22(14-19)20-10-6-7-11-25(20)28-26/h6-7,10-11,13-20,24-25,27H,3-5,8-9,12H2,1-2H3. The second-order valence-electron chi connectivity index (χ2n) is 9.38. The Labute approximate surface area is 169 Å². The molecule has 3 aliphatic carbocycles. The monoisotopic (exact) mass is 375 g/mol. The van der Waals surface area contributed by atoms with Crippen LogP contribution in [0.2, 0.25) is 0 Å². The first-order chi connectivity index (χ1) is 13.7. The number of fused-ring (bicyclic) bond motifs is 3. The summed E-state index contributed by atoms with van der Waals surface area (Å²) in [4.78, 5) is 0. The number of nitrogens with one attached hydrogen (secondary N) is 1. The summed E-state index contributed by atoms with van der Waals surface area (Å²) < 4.78 is 6.20. The highest BCUT2D eigenvalue weighted by Gasteiger charge is 2.38. The summed E-state index contributed by atoms with van der Waals surface area (Å²) in [6, 6.07) is 0.506. The van der Waals surface area contributed by atoms with E-state index in [2.05, 4.69) is 67.9 Å². The lowest BCUT2D eigenvalue weighted by molar-refractivity contribution is 0.183. The third-order valence-corrected chi connectivity index (χ3v) is 7.23. The smallest absolute Gasteiger partial charge is 0.128 e. The number of rotatable bonds is 3. The van der Waals surface area contributed by atoms with Crippen LogP contribution in [0.5, 0.6) is 0 Å². The quantitative estimate of drug-likeness (QED) is 0.655. The predicted molar refractivity (Wildman–Crippen MR) is 115 cm³/mol. The van der Waals surface area contributed by atoms with E-state index in [-0.39, 0.29) is 6.10 Å². The first-order valence-corrected chi connectivity index (χ1v) is 11.3. The lowest BCUT2D eigenvalue weighted by Gasteiger charge is -2.35. The second kappa shape index (κ2) is 7.46. The van der Waals surface area contributed by atoms with Crippen molar-refractivity contribution in [2.24, 2.45) is 23.7 Å². The average Bonchev–Trinajstić information content (AvgIpc) is 3.12. The molecular weight excluding hydrogens is 342 g/mol. The SMILES string of the molecule is CC(C)C1=CNC(C2CCCCC2)C=C1C1C=C2C(=CC1)OC1C=CC=CC21. The van der Waals surface area contributed by atoms with Gasteiger partial charge in [-0.25, -0.2) is 0 Å². The average molecular weight is 376 g/mol. The topological polar surface area (TPSA) is 21.3 Å². The van der Waals surface area contributed by atoms with Crippen molar-refractivity contribution in [2.45, 2.75) is 64.5 Å². The Kier molecular flexibility index (Phi) is 4.82. The van der Waals surface area contributed by atoms with Gasteiger partial charge >= 0.3 is 0 Å². The molecule has 5 rings (SSSR count). The number of dihydropyridines is 1. The van der Waals surface area contributed by atoms with Crippen LogP contribution in [0.3, 0.4) is 0 Å². The van der Waals surface area contributed by atoms with Crippen LogP contribution < -0.4 is 5.32 Å². The number of ether oxygens (including phenoxy) is 1. The molecule has 148 valence electrons. The summed E-state index contributed by atoms with van der Waals surface area (Å²) in [5, 5.41) is 3.76. The van der Waals surface area contributed by atoms with E-state index < -0.39 is 0 Å². The predicted octanol–water partition coefficient (Wildman–Crippen LogP) is 5.98. The summed E-state index contributed by atoms with van der Waals surface area (Å²) in [5.41, 5.74) is 4.45. The molecule has 2 aliphatic heterocycles. The van der Waals surface area contributed by atoms with Crippen LogP contribution in [-0.2, 0) is 4.74 Å². The maximum atomic E-state index is 6.20. The number of allylic oxidation sites excluding steroid dienone is 7. The Morgan fingerprint density at radius 1 is 1.00 bits per heavy atom.